The number of likely N-dealkylation sites (tertiary alicyclic amines) is 1. The van der Waals surface area contributed by atoms with Gasteiger partial charge in [-0.05, 0) is 62.1 Å². The first kappa shape index (κ1) is 20.1. The number of sulfone groups is 1. The molecule has 1 N–H and O–H groups in total. The highest BCUT2D eigenvalue weighted by molar-refractivity contribution is 7.91. The number of furan rings is 1. The van der Waals surface area contributed by atoms with E-state index in [-0.39, 0.29) is 17.2 Å². The first-order valence-corrected chi connectivity index (χ1v) is 10.8. The molecule has 1 aliphatic rings. The van der Waals surface area contributed by atoms with E-state index in [4.69, 9.17) is 4.42 Å². The van der Waals surface area contributed by atoms with Crippen LogP contribution in [0, 0.1) is 13.8 Å². The SMILES string of the molecule is Cc1ccc(S(=O)(=O)[C@H](CNC(=O)C(=O)N2CCCC2)c2ccco2)cc1C. The summed E-state index contributed by atoms with van der Waals surface area (Å²) < 4.78 is 31.8. The molecule has 0 saturated carbocycles. The Kier molecular flexibility index (Phi) is 5.88. The summed E-state index contributed by atoms with van der Waals surface area (Å²) in [7, 11) is -3.84. The van der Waals surface area contributed by atoms with Gasteiger partial charge in [0, 0.05) is 19.6 Å². The number of hydrogen-bond acceptors (Lipinski definition) is 5. The Labute approximate surface area is 164 Å². The van der Waals surface area contributed by atoms with Crippen LogP contribution in [0.5, 0.6) is 0 Å². The predicted octanol–water partition coefficient (Wildman–Crippen LogP) is 2.15. The van der Waals surface area contributed by atoms with Crippen LogP contribution in [0.3, 0.4) is 0 Å². The summed E-state index contributed by atoms with van der Waals surface area (Å²) in [5.41, 5.74) is 1.84. The van der Waals surface area contributed by atoms with Crippen LogP contribution in [0.15, 0.2) is 45.9 Å². The molecule has 0 radical (unpaired) electrons. The fraction of sp³-hybridized carbons (Fsp3) is 0.400. The van der Waals surface area contributed by atoms with Gasteiger partial charge < -0.3 is 14.6 Å². The van der Waals surface area contributed by atoms with Crippen LogP contribution in [0.2, 0.25) is 0 Å². The largest absolute Gasteiger partial charge is 0.468 e. The van der Waals surface area contributed by atoms with Crippen LogP contribution in [-0.2, 0) is 19.4 Å². The van der Waals surface area contributed by atoms with E-state index in [1.54, 1.807) is 30.3 Å². The molecule has 8 heteroatoms. The van der Waals surface area contributed by atoms with Gasteiger partial charge in [0.05, 0.1) is 11.2 Å². The Morgan fingerprint density at radius 3 is 2.46 bits per heavy atom. The third kappa shape index (κ3) is 4.11. The highest BCUT2D eigenvalue weighted by atomic mass is 32.2. The van der Waals surface area contributed by atoms with E-state index in [2.05, 4.69) is 5.32 Å². The van der Waals surface area contributed by atoms with Gasteiger partial charge in [0.2, 0.25) is 0 Å². The van der Waals surface area contributed by atoms with Crippen LogP contribution < -0.4 is 5.32 Å². The Balaban J connectivity index is 1.82. The van der Waals surface area contributed by atoms with E-state index in [0.29, 0.717) is 13.1 Å². The molecule has 1 fully saturated rings. The van der Waals surface area contributed by atoms with E-state index in [1.165, 1.54) is 11.2 Å². The zero-order valence-electron chi connectivity index (χ0n) is 16.0. The maximum Gasteiger partial charge on any atom is 0.311 e. The van der Waals surface area contributed by atoms with Crippen molar-refractivity contribution < 1.29 is 22.4 Å². The van der Waals surface area contributed by atoms with Gasteiger partial charge in [0.25, 0.3) is 0 Å². The third-order valence-corrected chi connectivity index (χ3v) is 7.14. The monoisotopic (exact) mass is 404 g/mol. The highest BCUT2D eigenvalue weighted by Gasteiger charge is 2.33. The quantitative estimate of drug-likeness (QED) is 0.770. The van der Waals surface area contributed by atoms with Crippen molar-refractivity contribution in [2.24, 2.45) is 0 Å². The number of rotatable bonds is 5. The van der Waals surface area contributed by atoms with E-state index in [9.17, 15) is 18.0 Å². The van der Waals surface area contributed by atoms with Gasteiger partial charge in [-0.1, -0.05) is 6.07 Å². The zero-order chi connectivity index (χ0) is 20.3. The summed E-state index contributed by atoms with van der Waals surface area (Å²) in [5, 5.41) is 1.36. The summed E-state index contributed by atoms with van der Waals surface area (Å²) in [5.74, 6) is -1.21. The Bertz CT molecular complexity index is 960. The van der Waals surface area contributed by atoms with Crippen LogP contribution in [0.4, 0.5) is 0 Å². The second-order valence-corrected chi connectivity index (χ2v) is 9.13. The van der Waals surface area contributed by atoms with Gasteiger partial charge >= 0.3 is 11.8 Å². The molecule has 2 aromatic rings. The molecular formula is C20H24N2O5S. The van der Waals surface area contributed by atoms with Gasteiger partial charge in [0.15, 0.2) is 9.84 Å². The van der Waals surface area contributed by atoms with Gasteiger partial charge in [-0.3, -0.25) is 9.59 Å². The molecule has 1 aromatic carbocycles. The average Bonchev–Trinajstić information content (AvgIpc) is 3.37. The van der Waals surface area contributed by atoms with Gasteiger partial charge in [0.1, 0.15) is 11.0 Å². The van der Waals surface area contributed by atoms with Gasteiger partial charge in [-0.15, -0.1) is 0 Å². The average molecular weight is 404 g/mol. The lowest BCUT2D eigenvalue weighted by molar-refractivity contribution is -0.145. The van der Waals surface area contributed by atoms with Crippen LogP contribution >= 0.6 is 0 Å². The first-order valence-electron chi connectivity index (χ1n) is 9.22. The topological polar surface area (TPSA) is 96.7 Å². The summed E-state index contributed by atoms with van der Waals surface area (Å²) in [6.07, 6.45) is 3.12. The number of nitrogens with one attached hydrogen (secondary N) is 1. The van der Waals surface area contributed by atoms with Crippen LogP contribution in [0.25, 0.3) is 0 Å². The van der Waals surface area contributed by atoms with Crippen LogP contribution in [0.1, 0.15) is 35.0 Å². The molecule has 1 atom stereocenters. The second kappa shape index (κ2) is 8.18. The summed E-state index contributed by atoms with van der Waals surface area (Å²) in [4.78, 5) is 26.1. The van der Waals surface area contributed by atoms with E-state index in [0.717, 1.165) is 24.0 Å². The third-order valence-electron chi connectivity index (χ3n) is 5.08. The minimum absolute atomic E-state index is 0.150. The van der Waals surface area contributed by atoms with Crippen LogP contribution in [-0.4, -0.2) is 44.8 Å². The molecule has 0 unspecified atom stereocenters. The minimum atomic E-state index is -3.84. The zero-order valence-corrected chi connectivity index (χ0v) is 16.8. The lowest BCUT2D eigenvalue weighted by Crippen LogP contribution is -2.43. The number of aryl methyl sites for hydroxylation is 2. The lowest BCUT2D eigenvalue weighted by atomic mass is 10.1. The molecule has 1 saturated heterocycles. The number of benzene rings is 1. The predicted molar refractivity (Wildman–Crippen MR) is 103 cm³/mol. The van der Waals surface area contributed by atoms with E-state index < -0.39 is 26.9 Å². The second-order valence-electron chi connectivity index (χ2n) is 7.00. The van der Waals surface area contributed by atoms with Gasteiger partial charge in [-0.25, -0.2) is 8.42 Å². The number of nitrogens with zero attached hydrogens (tertiary/aromatic N) is 1. The normalized spacial score (nSPS) is 15.4. The molecule has 1 aromatic heterocycles. The molecule has 0 aliphatic carbocycles. The fourth-order valence-corrected chi connectivity index (χ4v) is 4.89. The number of hydrogen-bond donors (Lipinski definition) is 1. The van der Waals surface area contributed by atoms with E-state index in [1.807, 2.05) is 13.8 Å². The Morgan fingerprint density at radius 2 is 1.86 bits per heavy atom. The number of carbonyl (C=O) groups is 2. The molecular weight excluding hydrogens is 380 g/mol. The smallest absolute Gasteiger partial charge is 0.311 e. The molecule has 7 nitrogen and oxygen atoms in total. The molecule has 28 heavy (non-hydrogen) atoms. The molecule has 2 amide bonds. The highest BCUT2D eigenvalue weighted by Crippen LogP contribution is 2.30. The van der Waals surface area contributed by atoms with Crippen molar-refractivity contribution in [3.63, 3.8) is 0 Å². The molecule has 0 bridgehead atoms. The lowest BCUT2D eigenvalue weighted by Gasteiger charge is -2.19. The fourth-order valence-electron chi connectivity index (χ4n) is 3.22. The van der Waals surface area contributed by atoms with Gasteiger partial charge in [-0.2, -0.15) is 0 Å². The standard InChI is InChI=1S/C20H24N2O5S/c1-14-7-8-16(12-15(14)2)28(25,26)18(17-6-5-11-27-17)13-21-19(23)20(24)22-9-3-4-10-22/h5-8,11-12,18H,3-4,9-10,13H2,1-2H3,(H,21,23)/t18-/m1/s1. The molecule has 150 valence electrons. The molecule has 3 rings (SSSR count). The molecule has 1 aliphatic heterocycles. The first-order chi connectivity index (χ1) is 13.3. The summed E-state index contributed by atoms with van der Waals surface area (Å²) in [6.45, 7) is 4.59. The van der Waals surface area contributed by atoms with Crippen molar-refractivity contribution in [2.45, 2.75) is 36.8 Å². The van der Waals surface area contributed by atoms with E-state index >= 15 is 0 Å². The maximum atomic E-state index is 13.2. The van der Waals surface area contributed by atoms with Crippen molar-refractivity contribution in [3.05, 3.63) is 53.5 Å². The summed E-state index contributed by atoms with van der Waals surface area (Å²) >= 11 is 0. The van der Waals surface area contributed by atoms with Crippen molar-refractivity contribution in [1.82, 2.24) is 10.2 Å². The maximum absolute atomic E-state index is 13.2. The Morgan fingerprint density at radius 1 is 1.14 bits per heavy atom. The van der Waals surface area contributed by atoms with Crippen molar-refractivity contribution >= 4 is 21.7 Å². The number of carbonyl (C=O) groups excluding carboxylic acids is 2. The minimum Gasteiger partial charge on any atom is -0.468 e. The molecule has 0 spiro atoms. The molecule has 2 heterocycles. The van der Waals surface area contributed by atoms with Crippen molar-refractivity contribution in [2.75, 3.05) is 19.6 Å². The van der Waals surface area contributed by atoms with Crippen molar-refractivity contribution in [1.29, 1.82) is 0 Å². The Hall–Kier alpha value is -2.61. The number of amides is 2. The summed E-state index contributed by atoms with van der Waals surface area (Å²) in [6, 6.07) is 8.05. The van der Waals surface area contributed by atoms with Crippen molar-refractivity contribution in [3.8, 4) is 0 Å².